The van der Waals surface area contributed by atoms with Crippen LogP contribution in [0, 0.1) is 6.92 Å². The van der Waals surface area contributed by atoms with Gasteiger partial charge in [0.25, 0.3) is 0 Å². The van der Waals surface area contributed by atoms with Crippen LogP contribution in [0.1, 0.15) is 81.5 Å². The summed E-state index contributed by atoms with van der Waals surface area (Å²) in [7, 11) is 0. The molecule has 0 radical (unpaired) electrons. The van der Waals surface area contributed by atoms with Crippen molar-refractivity contribution in [2.24, 2.45) is 0 Å². The minimum absolute atomic E-state index is 0.215. The number of nitrogens with zero attached hydrogens (tertiary/aromatic N) is 3. The van der Waals surface area contributed by atoms with Gasteiger partial charge in [-0.1, -0.05) is 149 Å². The number of aryl methyl sites for hydroxylation is 4. The van der Waals surface area contributed by atoms with Crippen LogP contribution >= 0.6 is 0 Å². The van der Waals surface area contributed by atoms with Gasteiger partial charge in [0.1, 0.15) is 5.58 Å². The molecule has 0 unspecified atom stereocenters. The Labute approximate surface area is 426 Å². The Morgan fingerprint density at radius 2 is 1.10 bits per heavy atom. The van der Waals surface area contributed by atoms with E-state index in [1.807, 2.05) is 0 Å². The molecular formula is C67H62BN3O. The molecule has 0 bridgehead atoms. The molecule has 0 amide bonds. The molecule has 0 atom stereocenters. The number of furan rings is 1. The van der Waals surface area contributed by atoms with E-state index in [-0.39, 0.29) is 6.85 Å². The molecule has 10 aromatic rings. The van der Waals surface area contributed by atoms with Gasteiger partial charge in [-0.25, -0.2) is 0 Å². The average Bonchev–Trinajstić information content (AvgIpc) is 3.81. The van der Waals surface area contributed by atoms with E-state index in [4.69, 9.17) is 4.42 Å². The average molecular weight is 936 g/mol. The van der Waals surface area contributed by atoms with E-state index in [1.54, 1.807) is 0 Å². The van der Waals surface area contributed by atoms with Crippen molar-refractivity contribution in [2.45, 2.75) is 85.5 Å². The van der Waals surface area contributed by atoms with E-state index < -0.39 is 0 Å². The van der Waals surface area contributed by atoms with Gasteiger partial charge in [0, 0.05) is 56.0 Å². The number of para-hydroxylation sites is 2. The SMILES string of the molecule is CCCCc1cccc(N(c2cccc(CCCC)c2)c2ccc3c(c2)B2c4c(cc(C)cc4N3c3ccc(CCCC)cc3-c3ccccc3)-c3ccc4c(oc5ccccc54)c3N2c2ccccc2)c1. The van der Waals surface area contributed by atoms with E-state index in [0.29, 0.717) is 0 Å². The van der Waals surface area contributed by atoms with Gasteiger partial charge in [0.2, 0.25) is 0 Å². The summed E-state index contributed by atoms with van der Waals surface area (Å²) < 4.78 is 7.07. The van der Waals surface area contributed by atoms with Crippen molar-refractivity contribution in [1.82, 2.24) is 0 Å². The number of benzene rings is 9. The highest BCUT2D eigenvalue weighted by atomic mass is 16.3. The maximum Gasteiger partial charge on any atom is 0.333 e. The molecule has 0 fully saturated rings. The highest BCUT2D eigenvalue weighted by molar-refractivity contribution is 6.94. The third kappa shape index (κ3) is 8.06. The smallest absolute Gasteiger partial charge is 0.333 e. The fourth-order valence-corrected chi connectivity index (χ4v) is 11.7. The van der Waals surface area contributed by atoms with Crippen LogP contribution in [0.5, 0.6) is 0 Å². The molecule has 9 aromatic carbocycles. The number of rotatable bonds is 15. The van der Waals surface area contributed by atoms with Gasteiger partial charge in [-0.15, -0.1) is 0 Å². The van der Waals surface area contributed by atoms with Crippen LogP contribution in [-0.2, 0) is 19.3 Å². The number of hydrogen-bond donors (Lipinski definition) is 0. The van der Waals surface area contributed by atoms with Crippen molar-refractivity contribution in [2.75, 3.05) is 14.6 Å². The molecule has 0 saturated heterocycles. The van der Waals surface area contributed by atoms with Crippen LogP contribution in [0.4, 0.5) is 45.5 Å². The first-order chi connectivity index (χ1) is 35.5. The maximum absolute atomic E-state index is 7.07. The summed E-state index contributed by atoms with van der Waals surface area (Å²) >= 11 is 0. The Hall–Kier alpha value is -7.76. The standard InChI is InChI=1S/C67H62BN3O/c1-5-8-21-47-24-19-30-52(42-47)69(53-31-20-25-48(43-53)22-9-6-2)54-35-39-62-60(45-54)68-65-59(56-36-37-57-55-32-17-18-33-64(55)72-67(57)66(56)71(68)51-28-15-12-16-29-51)40-46(4)41-63(65)70(62)61-38-34-49(23-10-7-3)44-58(61)50-26-13-11-14-27-50/h11-20,24-45H,5-10,21-23H2,1-4H3. The van der Waals surface area contributed by atoms with Crippen molar-refractivity contribution in [3.8, 4) is 22.3 Å². The summed E-state index contributed by atoms with van der Waals surface area (Å²) in [5.74, 6) is 0. The second kappa shape index (κ2) is 19.4. The first-order valence-electron chi connectivity index (χ1n) is 26.5. The lowest BCUT2D eigenvalue weighted by Gasteiger charge is -2.46. The first kappa shape index (κ1) is 45.4. The molecule has 4 nitrogen and oxygen atoms in total. The fraction of sp³-hybridized carbons (Fsp3) is 0.194. The minimum Gasteiger partial charge on any atom is -0.454 e. The molecule has 1 aromatic heterocycles. The molecular weight excluding hydrogens is 874 g/mol. The highest BCUT2D eigenvalue weighted by Gasteiger charge is 2.47. The molecule has 72 heavy (non-hydrogen) atoms. The zero-order chi connectivity index (χ0) is 48.7. The van der Waals surface area contributed by atoms with Gasteiger partial charge in [0.15, 0.2) is 5.58 Å². The van der Waals surface area contributed by atoms with Crippen LogP contribution in [0.3, 0.4) is 0 Å². The van der Waals surface area contributed by atoms with Crippen LogP contribution in [0.2, 0.25) is 0 Å². The summed E-state index contributed by atoms with van der Waals surface area (Å²) in [6, 6.07) is 73.2. The summed E-state index contributed by atoms with van der Waals surface area (Å²) in [6.07, 6.45) is 10.1. The van der Waals surface area contributed by atoms with E-state index in [0.717, 1.165) is 96.8 Å². The predicted molar refractivity (Wildman–Crippen MR) is 308 cm³/mol. The monoisotopic (exact) mass is 935 g/mol. The van der Waals surface area contributed by atoms with Gasteiger partial charge in [-0.05, 0) is 175 Å². The molecule has 5 heteroatoms. The maximum atomic E-state index is 7.07. The second-order valence-corrected chi connectivity index (χ2v) is 20.1. The topological polar surface area (TPSA) is 22.9 Å². The summed E-state index contributed by atoms with van der Waals surface area (Å²) in [6.45, 7) is 8.90. The molecule has 12 rings (SSSR count). The van der Waals surface area contributed by atoms with Crippen LogP contribution < -0.4 is 25.5 Å². The Kier molecular flexibility index (Phi) is 12.3. The van der Waals surface area contributed by atoms with E-state index in [9.17, 15) is 0 Å². The van der Waals surface area contributed by atoms with E-state index in [2.05, 4.69) is 236 Å². The Bertz CT molecular complexity index is 3550. The molecule has 3 heterocycles. The molecule has 0 aliphatic carbocycles. The number of hydrogen-bond acceptors (Lipinski definition) is 4. The lowest BCUT2D eigenvalue weighted by atomic mass is 9.43. The predicted octanol–water partition coefficient (Wildman–Crippen LogP) is 17.8. The van der Waals surface area contributed by atoms with E-state index >= 15 is 0 Å². The van der Waals surface area contributed by atoms with Gasteiger partial charge >= 0.3 is 6.85 Å². The van der Waals surface area contributed by atoms with Crippen molar-refractivity contribution < 1.29 is 4.42 Å². The number of fused-ring (bicyclic) bond motifs is 8. The van der Waals surface area contributed by atoms with Crippen LogP contribution in [-0.4, -0.2) is 6.85 Å². The Morgan fingerprint density at radius 3 is 1.79 bits per heavy atom. The summed E-state index contributed by atoms with van der Waals surface area (Å²) in [5.41, 5.74) is 23.8. The quantitative estimate of drug-likeness (QED) is 0.0956. The molecule has 354 valence electrons. The summed E-state index contributed by atoms with van der Waals surface area (Å²) in [4.78, 5) is 7.72. The fourth-order valence-electron chi connectivity index (χ4n) is 11.7. The molecule has 0 N–H and O–H groups in total. The van der Waals surface area contributed by atoms with Crippen molar-refractivity contribution >= 4 is 85.2 Å². The van der Waals surface area contributed by atoms with Crippen LogP contribution in [0.15, 0.2) is 199 Å². The van der Waals surface area contributed by atoms with Crippen molar-refractivity contribution in [3.63, 3.8) is 0 Å². The van der Waals surface area contributed by atoms with Gasteiger partial charge in [-0.2, -0.15) is 0 Å². The lowest BCUT2D eigenvalue weighted by Crippen LogP contribution is -2.61. The first-order valence-corrected chi connectivity index (χ1v) is 26.5. The zero-order valence-corrected chi connectivity index (χ0v) is 42.2. The number of anilines is 8. The summed E-state index contributed by atoms with van der Waals surface area (Å²) in [5, 5.41) is 2.26. The zero-order valence-electron chi connectivity index (χ0n) is 42.2. The van der Waals surface area contributed by atoms with Crippen LogP contribution in [0.25, 0.3) is 44.2 Å². The lowest BCUT2D eigenvalue weighted by molar-refractivity contribution is 0.669. The van der Waals surface area contributed by atoms with Crippen molar-refractivity contribution in [1.29, 1.82) is 0 Å². The third-order valence-corrected chi connectivity index (χ3v) is 15.1. The number of unbranched alkanes of at least 4 members (excludes halogenated alkanes) is 3. The van der Waals surface area contributed by atoms with Gasteiger partial charge in [0.05, 0.1) is 11.4 Å². The molecule has 0 saturated carbocycles. The molecule has 2 aliphatic heterocycles. The van der Waals surface area contributed by atoms with E-state index in [1.165, 1.54) is 83.9 Å². The third-order valence-electron chi connectivity index (χ3n) is 15.1. The minimum atomic E-state index is -0.215. The Balaban J connectivity index is 1.18. The largest absolute Gasteiger partial charge is 0.454 e. The highest BCUT2D eigenvalue weighted by Crippen LogP contribution is 2.52. The molecule has 0 spiro atoms. The van der Waals surface area contributed by atoms with Gasteiger partial charge in [-0.3, -0.25) is 0 Å². The molecule has 2 aliphatic rings. The normalized spacial score (nSPS) is 12.6. The second-order valence-electron chi connectivity index (χ2n) is 20.1. The van der Waals surface area contributed by atoms with Gasteiger partial charge < -0.3 is 19.0 Å². The van der Waals surface area contributed by atoms with Crippen molar-refractivity contribution in [3.05, 3.63) is 216 Å². The Morgan fingerprint density at radius 1 is 0.472 bits per heavy atom.